The molecule has 0 spiro atoms. The zero-order chi connectivity index (χ0) is 15.7. The summed E-state index contributed by atoms with van der Waals surface area (Å²) in [4.78, 5) is 4.43. The van der Waals surface area contributed by atoms with Gasteiger partial charge < -0.3 is 5.73 Å². The molecule has 0 radical (unpaired) electrons. The van der Waals surface area contributed by atoms with Gasteiger partial charge in [0, 0.05) is 18.8 Å². The van der Waals surface area contributed by atoms with E-state index in [0.717, 1.165) is 41.8 Å². The minimum Gasteiger partial charge on any atom is -0.383 e. The quantitative estimate of drug-likeness (QED) is 0.863. The van der Waals surface area contributed by atoms with E-state index in [1.807, 2.05) is 26.2 Å². The minimum absolute atomic E-state index is 0.313. The predicted octanol–water partition coefficient (Wildman–Crippen LogP) is 3.07. The van der Waals surface area contributed by atoms with Crippen LogP contribution in [-0.4, -0.2) is 14.8 Å². The van der Waals surface area contributed by atoms with E-state index >= 15 is 0 Å². The van der Waals surface area contributed by atoms with E-state index in [1.165, 1.54) is 0 Å². The summed E-state index contributed by atoms with van der Waals surface area (Å²) in [5, 5.41) is 13.8. The molecule has 0 aromatic carbocycles. The first-order valence-electron chi connectivity index (χ1n) is 7.46. The molecule has 1 aliphatic carbocycles. The van der Waals surface area contributed by atoms with Crippen LogP contribution in [0.15, 0.2) is 24.4 Å². The summed E-state index contributed by atoms with van der Waals surface area (Å²) in [6.45, 7) is 1.95. The average Bonchev–Trinajstić information content (AvgIpc) is 2.86. The Morgan fingerprint density at radius 1 is 1.41 bits per heavy atom. The monoisotopic (exact) mass is 293 g/mol. The third-order valence-electron chi connectivity index (χ3n) is 4.19. The van der Waals surface area contributed by atoms with Gasteiger partial charge in [-0.2, -0.15) is 10.4 Å². The SMILES string of the molecule is Cc1nn(C)cc1-c1cc([C@@H]2CC=CCC2)c(C#N)c(N)n1. The number of hydrogen-bond acceptors (Lipinski definition) is 4. The first kappa shape index (κ1) is 14.3. The first-order chi connectivity index (χ1) is 10.6. The van der Waals surface area contributed by atoms with Gasteiger partial charge in [-0.1, -0.05) is 12.2 Å². The largest absolute Gasteiger partial charge is 0.383 e. The molecule has 2 N–H and O–H groups in total. The number of nitrogen functional groups attached to an aromatic ring is 1. The zero-order valence-corrected chi connectivity index (χ0v) is 12.9. The van der Waals surface area contributed by atoms with Crippen LogP contribution in [0.5, 0.6) is 0 Å². The smallest absolute Gasteiger partial charge is 0.142 e. The molecule has 2 heterocycles. The van der Waals surface area contributed by atoms with Crippen molar-refractivity contribution in [1.82, 2.24) is 14.8 Å². The molecule has 0 aliphatic heterocycles. The van der Waals surface area contributed by atoms with Crippen molar-refractivity contribution in [3.8, 4) is 17.3 Å². The molecule has 22 heavy (non-hydrogen) atoms. The summed E-state index contributed by atoms with van der Waals surface area (Å²) in [6.07, 6.45) is 9.34. The molecular formula is C17H19N5. The Morgan fingerprint density at radius 2 is 2.23 bits per heavy atom. The molecule has 1 atom stereocenters. The molecule has 0 saturated heterocycles. The lowest BCUT2D eigenvalue weighted by Gasteiger charge is -2.20. The Hall–Kier alpha value is -2.61. The minimum atomic E-state index is 0.313. The fraction of sp³-hybridized carbons (Fsp3) is 0.353. The third-order valence-corrected chi connectivity index (χ3v) is 4.19. The van der Waals surface area contributed by atoms with Gasteiger partial charge in [-0.25, -0.2) is 4.98 Å². The van der Waals surface area contributed by atoms with Crippen molar-refractivity contribution < 1.29 is 0 Å². The number of hydrogen-bond donors (Lipinski definition) is 1. The maximum Gasteiger partial charge on any atom is 0.142 e. The van der Waals surface area contributed by atoms with Gasteiger partial charge in [-0.3, -0.25) is 4.68 Å². The fourth-order valence-corrected chi connectivity index (χ4v) is 3.09. The van der Waals surface area contributed by atoms with Crippen LogP contribution < -0.4 is 5.73 Å². The number of allylic oxidation sites excluding steroid dienone is 2. The number of nitrogens with two attached hydrogens (primary N) is 1. The van der Waals surface area contributed by atoms with Gasteiger partial charge in [-0.15, -0.1) is 0 Å². The summed E-state index contributed by atoms with van der Waals surface area (Å²) in [7, 11) is 1.89. The van der Waals surface area contributed by atoms with Gasteiger partial charge in [0.2, 0.25) is 0 Å². The normalized spacial score (nSPS) is 17.4. The molecule has 0 fully saturated rings. The number of anilines is 1. The molecule has 0 bridgehead atoms. The summed E-state index contributed by atoms with van der Waals surface area (Å²) < 4.78 is 1.77. The molecular weight excluding hydrogens is 274 g/mol. The van der Waals surface area contributed by atoms with E-state index < -0.39 is 0 Å². The molecule has 5 nitrogen and oxygen atoms in total. The zero-order valence-electron chi connectivity index (χ0n) is 12.9. The standard InChI is InChI=1S/C17H19N5/c1-11-15(10-22(2)21-11)16-8-13(12-6-4-3-5-7-12)14(9-18)17(19)20-16/h3-4,8,10,12H,5-7H2,1-2H3,(H2,19,20)/t12-/m1/s1. The fourth-order valence-electron chi connectivity index (χ4n) is 3.09. The molecule has 5 heteroatoms. The number of nitriles is 1. The molecule has 3 rings (SSSR count). The van der Waals surface area contributed by atoms with Crippen LogP contribution in [0, 0.1) is 18.3 Å². The van der Waals surface area contributed by atoms with Crippen LogP contribution in [0.4, 0.5) is 5.82 Å². The lowest BCUT2D eigenvalue weighted by Crippen LogP contribution is -2.08. The summed E-state index contributed by atoms with van der Waals surface area (Å²) in [5.41, 5.74) is 10.3. The van der Waals surface area contributed by atoms with Gasteiger partial charge in [0.05, 0.1) is 17.0 Å². The molecule has 0 saturated carbocycles. The second-order valence-corrected chi connectivity index (χ2v) is 5.75. The number of pyridine rings is 1. The Bertz CT molecular complexity index is 779. The maximum atomic E-state index is 9.45. The lowest BCUT2D eigenvalue weighted by atomic mass is 9.85. The van der Waals surface area contributed by atoms with E-state index in [4.69, 9.17) is 5.73 Å². The molecule has 2 aromatic rings. The molecule has 2 aromatic heterocycles. The van der Waals surface area contributed by atoms with Crippen molar-refractivity contribution in [3.05, 3.63) is 41.2 Å². The van der Waals surface area contributed by atoms with E-state index in [9.17, 15) is 5.26 Å². The van der Waals surface area contributed by atoms with Crippen molar-refractivity contribution in [2.75, 3.05) is 5.73 Å². The second kappa shape index (κ2) is 5.64. The van der Waals surface area contributed by atoms with Crippen molar-refractivity contribution in [1.29, 1.82) is 5.26 Å². The van der Waals surface area contributed by atoms with Gasteiger partial charge >= 0.3 is 0 Å². The lowest BCUT2D eigenvalue weighted by molar-refractivity contribution is 0.615. The highest BCUT2D eigenvalue weighted by molar-refractivity contribution is 5.68. The van der Waals surface area contributed by atoms with Crippen LogP contribution in [0.1, 0.15) is 42.0 Å². The van der Waals surface area contributed by atoms with Gasteiger partial charge in [-0.05, 0) is 43.7 Å². The molecule has 0 unspecified atom stereocenters. The summed E-state index contributed by atoms with van der Waals surface area (Å²) in [6, 6.07) is 4.24. The number of nitrogens with zero attached hydrogens (tertiary/aromatic N) is 4. The van der Waals surface area contributed by atoms with Crippen LogP contribution in [-0.2, 0) is 7.05 Å². The van der Waals surface area contributed by atoms with E-state index in [2.05, 4.69) is 28.3 Å². The first-order valence-corrected chi connectivity index (χ1v) is 7.46. The van der Waals surface area contributed by atoms with Crippen LogP contribution in [0.2, 0.25) is 0 Å². The molecule has 1 aliphatic rings. The predicted molar refractivity (Wildman–Crippen MR) is 86.0 cm³/mol. The van der Waals surface area contributed by atoms with Crippen LogP contribution in [0.25, 0.3) is 11.3 Å². The van der Waals surface area contributed by atoms with Crippen molar-refractivity contribution >= 4 is 5.82 Å². The van der Waals surface area contributed by atoms with Crippen molar-refractivity contribution in [3.63, 3.8) is 0 Å². The Balaban J connectivity index is 2.14. The highest BCUT2D eigenvalue weighted by Gasteiger charge is 2.21. The van der Waals surface area contributed by atoms with Gasteiger partial charge in [0.15, 0.2) is 0 Å². The number of aryl methyl sites for hydroxylation is 2. The Kier molecular flexibility index (Phi) is 3.68. The average molecular weight is 293 g/mol. The summed E-state index contributed by atoms with van der Waals surface area (Å²) in [5.74, 6) is 0.647. The topological polar surface area (TPSA) is 80.5 Å². The number of aromatic nitrogens is 3. The van der Waals surface area contributed by atoms with Crippen molar-refractivity contribution in [2.24, 2.45) is 7.05 Å². The Labute approximate surface area is 130 Å². The van der Waals surface area contributed by atoms with E-state index in [1.54, 1.807) is 4.68 Å². The Morgan fingerprint density at radius 3 is 2.82 bits per heavy atom. The second-order valence-electron chi connectivity index (χ2n) is 5.75. The van der Waals surface area contributed by atoms with E-state index in [-0.39, 0.29) is 0 Å². The molecule has 112 valence electrons. The molecule has 0 amide bonds. The maximum absolute atomic E-state index is 9.45. The highest BCUT2D eigenvalue weighted by atomic mass is 15.2. The van der Waals surface area contributed by atoms with Gasteiger partial charge in [0.25, 0.3) is 0 Å². The summed E-state index contributed by atoms with van der Waals surface area (Å²) >= 11 is 0. The van der Waals surface area contributed by atoms with E-state index in [0.29, 0.717) is 17.3 Å². The number of rotatable bonds is 2. The van der Waals surface area contributed by atoms with Gasteiger partial charge in [0.1, 0.15) is 11.9 Å². The highest BCUT2D eigenvalue weighted by Crippen LogP contribution is 2.35. The van der Waals surface area contributed by atoms with Crippen molar-refractivity contribution in [2.45, 2.75) is 32.1 Å². The van der Waals surface area contributed by atoms with Crippen LogP contribution >= 0.6 is 0 Å². The third kappa shape index (κ3) is 2.48. The van der Waals surface area contributed by atoms with Crippen LogP contribution in [0.3, 0.4) is 0 Å².